The molecular weight excluding hydrogens is 359 g/mol. The number of nitrogens with one attached hydrogen (secondary N) is 1. The first-order valence-electron chi connectivity index (χ1n) is 7.58. The van der Waals surface area contributed by atoms with Crippen LogP contribution in [-0.2, 0) is 4.79 Å². The van der Waals surface area contributed by atoms with E-state index in [-0.39, 0.29) is 12.1 Å². The fourth-order valence-electron chi connectivity index (χ4n) is 2.23. The molecule has 0 saturated carbocycles. The van der Waals surface area contributed by atoms with Gasteiger partial charge in [0.1, 0.15) is 23.4 Å². The number of hydrogen-bond donors (Lipinski definition) is 2. The van der Waals surface area contributed by atoms with Gasteiger partial charge in [0.2, 0.25) is 0 Å². The molecule has 2 aromatic carbocycles. The number of alkyl halides is 3. The highest BCUT2D eigenvalue weighted by atomic mass is 19.4. The van der Waals surface area contributed by atoms with Crippen LogP contribution < -0.4 is 15.4 Å². The van der Waals surface area contributed by atoms with Crippen molar-refractivity contribution in [1.29, 1.82) is 0 Å². The monoisotopic (exact) mass is 375 g/mol. The summed E-state index contributed by atoms with van der Waals surface area (Å²) in [5.74, 6) is -2.21. The van der Waals surface area contributed by atoms with E-state index in [1.807, 2.05) is 0 Å². The number of anilines is 1. The molecule has 0 heterocycles. The molecule has 0 aliphatic carbocycles. The Morgan fingerprint density at radius 2 is 1.81 bits per heavy atom. The lowest BCUT2D eigenvalue weighted by atomic mass is 10.1. The molecule has 0 bridgehead atoms. The average molecular weight is 375 g/mol. The number of rotatable bonds is 6. The van der Waals surface area contributed by atoms with E-state index in [2.05, 4.69) is 10.1 Å². The van der Waals surface area contributed by atoms with Gasteiger partial charge in [0.15, 0.2) is 6.54 Å². The fraction of sp³-hybridized carbons (Fsp3) is 0.235. The Kier molecular flexibility index (Phi) is 6.14. The zero-order valence-electron chi connectivity index (χ0n) is 13.6. The second-order valence-corrected chi connectivity index (χ2v) is 5.51. The Bertz CT molecular complexity index is 763. The molecule has 0 fully saturated rings. The highest BCUT2D eigenvalue weighted by Crippen LogP contribution is 2.23. The minimum atomic E-state index is -4.79. The Balaban J connectivity index is 1.86. The van der Waals surface area contributed by atoms with Gasteiger partial charge >= 0.3 is 6.36 Å². The molecule has 0 radical (unpaired) electrons. The predicted molar refractivity (Wildman–Crippen MR) is 83.3 cm³/mol. The maximum atomic E-state index is 13.7. The maximum Gasteiger partial charge on any atom is 0.573 e. The largest absolute Gasteiger partial charge is 0.573 e. The number of carbonyl (C=O) groups is 1. The molecule has 2 aromatic rings. The SMILES string of the molecule is C[C@@H]([NH2+]CC(=O)Nc1ccc(OC(F)(F)F)cc1)c1ccc(F)cc1F. The summed E-state index contributed by atoms with van der Waals surface area (Å²) in [7, 11) is 0. The number of carbonyl (C=O) groups excluding carboxylic acids is 1. The third kappa shape index (κ3) is 5.99. The summed E-state index contributed by atoms with van der Waals surface area (Å²) in [6, 6.07) is 7.46. The summed E-state index contributed by atoms with van der Waals surface area (Å²) in [6.07, 6.45) is -4.79. The molecule has 4 nitrogen and oxygen atoms in total. The van der Waals surface area contributed by atoms with Gasteiger partial charge in [-0.25, -0.2) is 8.78 Å². The lowest BCUT2D eigenvalue weighted by Gasteiger charge is -2.12. The zero-order chi connectivity index (χ0) is 19.3. The van der Waals surface area contributed by atoms with Crippen molar-refractivity contribution in [2.75, 3.05) is 11.9 Å². The number of nitrogens with two attached hydrogens (primary N) is 1. The summed E-state index contributed by atoms with van der Waals surface area (Å²) in [4.78, 5) is 11.9. The van der Waals surface area contributed by atoms with Crippen LogP contribution in [0, 0.1) is 11.6 Å². The van der Waals surface area contributed by atoms with Gasteiger partial charge in [-0.15, -0.1) is 13.2 Å². The van der Waals surface area contributed by atoms with E-state index in [9.17, 15) is 26.7 Å². The van der Waals surface area contributed by atoms with Crippen molar-refractivity contribution in [1.82, 2.24) is 0 Å². The standard InChI is InChI=1S/C17H15F5N2O2/c1-10(14-7-2-11(18)8-15(14)19)23-9-16(25)24-12-3-5-13(6-4-12)26-17(20,21)22/h2-8,10,23H,9H2,1H3,(H,24,25)/p+1/t10-/m1/s1. The van der Waals surface area contributed by atoms with Crippen LogP contribution in [0.15, 0.2) is 42.5 Å². The van der Waals surface area contributed by atoms with Gasteiger partial charge in [-0.1, -0.05) is 0 Å². The van der Waals surface area contributed by atoms with Gasteiger partial charge in [-0.05, 0) is 43.3 Å². The van der Waals surface area contributed by atoms with E-state index in [1.165, 1.54) is 18.2 Å². The highest BCUT2D eigenvalue weighted by molar-refractivity contribution is 5.91. The van der Waals surface area contributed by atoms with Crippen LogP contribution in [0.25, 0.3) is 0 Å². The fourth-order valence-corrected chi connectivity index (χ4v) is 2.23. The van der Waals surface area contributed by atoms with Crippen LogP contribution in [-0.4, -0.2) is 18.8 Å². The number of benzene rings is 2. The predicted octanol–water partition coefficient (Wildman–Crippen LogP) is 3.13. The van der Waals surface area contributed by atoms with Crippen LogP contribution in [0.1, 0.15) is 18.5 Å². The number of ether oxygens (including phenoxy) is 1. The third-order valence-corrected chi connectivity index (χ3v) is 3.48. The van der Waals surface area contributed by atoms with E-state index < -0.39 is 35.7 Å². The highest BCUT2D eigenvalue weighted by Gasteiger charge is 2.31. The minimum absolute atomic E-state index is 0.0568. The molecule has 0 spiro atoms. The van der Waals surface area contributed by atoms with Gasteiger partial charge in [0.05, 0.1) is 0 Å². The molecule has 3 N–H and O–H groups in total. The van der Waals surface area contributed by atoms with Crippen molar-refractivity contribution in [2.24, 2.45) is 0 Å². The molecule has 0 unspecified atom stereocenters. The van der Waals surface area contributed by atoms with E-state index in [0.717, 1.165) is 24.3 Å². The summed E-state index contributed by atoms with van der Waals surface area (Å²) in [5.41, 5.74) is 0.548. The molecule has 0 aromatic heterocycles. The third-order valence-electron chi connectivity index (χ3n) is 3.48. The van der Waals surface area contributed by atoms with Gasteiger partial charge in [-0.2, -0.15) is 0 Å². The normalized spacial score (nSPS) is 12.5. The molecule has 1 atom stereocenters. The van der Waals surface area contributed by atoms with E-state index in [1.54, 1.807) is 12.2 Å². The Morgan fingerprint density at radius 3 is 2.38 bits per heavy atom. The lowest BCUT2D eigenvalue weighted by molar-refractivity contribution is -0.682. The van der Waals surface area contributed by atoms with Gasteiger partial charge in [-0.3, -0.25) is 4.79 Å². The van der Waals surface area contributed by atoms with E-state index in [0.29, 0.717) is 5.69 Å². The first-order chi connectivity index (χ1) is 12.1. The molecule has 9 heteroatoms. The first kappa shape index (κ1) is 19.6. The van der Waals surface area contributed by atoms with Crippen LogP contribution in [0.3, 0.4) is 0 Å². The maximum absolute atomic E-state index is 13.7. The molecule has 2 rings (SSSR count). The number of quaternary nitrogens is 1. The summed E-state index contributed by atoms with van der Waals surface area (Å²) in [5, 5.41) is 4.05. The quantitative estimate of drug-likeness (QED) is 0.763. The topological polar surface area (TPSA) is 54.9 Å². The average Bonchev–Trinajstić information content (AvgIpc) is 2.53. The van der Waals surface area contributed by atoms with Crippen LogP contribution >= 0.6 is 0 Å². The molecule has 26 heavy (non-hydrogen) atoms. The summed E-state index contributed by atoms with van der Waals surface area (Å²) < 4.78 is 66.5. The smallest absolute Gasteiger partial charge is 0.406 e. The van der Waals surface area contributed by atoms with Gasteiger partial charge in [0.25, 0.3) is 5.91 Å². The number of hydrogen-bond acceptors (Lipinski definition) is 2. The van der Waals surface area contributed by atoms with Crippen LogP contribution in [0.4, 0.5) is 27.6 Å². The van der Waals surface area contributed by atoms with Crippen molar-refractivity contribution >= 4 is 11.6 Å². The molecule has 0 saturated heterocycles. The summed E-state index contributed by atoms with van der Waals surface area (Å²) in [6.45, 7) is 1.60. The summed E-state index contributed by atoms with van der Waals surface area (Å²) >= 11 is 0. The molecule has 140 valence electrons. The van der Waals surface area contributed by atoms with Gasteiger partial charge in [0, 0.05) is 17.3 Å². The minimum Gasteiger partial charge on any atom is -0.406 e. The Morgan fingerprint density at radius 1 is 1.15 bits per heavy atom. The number of amides is 1. The molecule has 1 amide bonds. The Labute approximate surface area is 146 Å². The second-order valence-electron chi connectivity index (χ2n) is 5.51. The van der Waals surface area contributed by atoms with Crippen molar-refractivity contribution in [3.05, 3.63) is 59.7 Å². The molecule has 0 aliphatic heterocycles. The zero-order valence-corrected chi connectivity index (χ0v) is 13.6. The lowest BCUT2D eigenvalue weighted by Crippen LogP contribution is -2.86. The Hall–Kier alpha value is -2.68. The van der Waals surface area contributed by atoms with Crippen molar-refractivity contribution < 1.29 is 36.8 Å². The second kappa shape index (κ2) is 8.13. The number of halogens is 5. The van der Waals surface area contributed by atoms with Crippen molar-refractivity contribution in [3.63, 3.8) is 0 Å². The van der Waals surface area contributed by atoms with E-state index in [4.69, 9.17) is 0 Å². The van der Waals surface area contributed by atoms with Crippen LogP contribution in [0.2, 0.25) is 0 Å². The van der Waals surface area contributed by atoms with Crippen molar-refractivity contribution in [3.8, 4) is 5.75 Å². The van der Waals surface area contributed by atoms with Crippen LogP contribution in [0.5, 0.6) is 5.75 Å². The molecular formula is C17H16F5N2O2+. The van der Waals surface area contributed by atoms with Crippen molar-refractivity contribution in [2.45, 2.75) is 19.3 Å². The van der Waals surface area contributed by atoms with E-state index >= 15 is 0 Å². The molecule has 0 aliphatic rings. The first-order valence-corrected chi connectivity index (χ1v) is 7.58. The van der Waals surface area contributed by atoms with Gasteiger partial charge < -0.3 is 15.4 Å².